The van der Waals surface area contributed by atoms with Crippen molar-refractivity contribution >= 4 is 28.4 Å². The lowest BCUT2D eigenvalue weighted by molar-refractivity contribution is -0.126. The largest absolute Gasteiger partial charge is 0.355 e. The van der Waals surface area contributed by atoms with Crippen molar-refractivity contribution in [1.82, 2.24) is 10.3 Å². The first-order valence-electron chi connectivity index (χ1n) is 8.27. The quantitative estimate of drug-likeness (QED) is 0.671. The number of pyridine rings is 1. The van der Waals surface area contributed by atoms with Crippen LogP contribution in [0.15, 0.2) is 60.8 Å². The Labute approximate surface area is 150 Å². The number of carbonyl (C=O) groups excluding carboxylic acids is 2. The van der Waals surface area contributed by atoms with E-state index >= 15 is 0 Å². The fourth-order valence-electron chi connectivity index (χ4n) is 2.65. The van der Waals surface area contributed by atoms with Crippen LogP contribution in [0.5, 0.6) is 0 Å². The van der Waals surface area contributed by atoms with Crippen LogP contribution in [0.4, 0.5) is 10.1 Å². The van der Waals surface area contributed by atoms with Gasteiger partial charge in [-0.25, -0.2) is 4.39 Å². The molecule has 0 aliphatic rings. The van der Waals surface area contributed by atoms with Crippen molar-refractivity contribution in [3.05, 3.63) is 72.2 Å². The van der Waals surface area contributed by atoms with E-state index in [4.69, 9.17) is 0 Å². The molecule has 0 bridgehead atoms. The predicted octanol–water partition coefficient (Wildman–Crippen LogP) is 3.06. The Hall–Kier alpha value is -3.28. The van der Waals surface area contributed by atoms with Crippen LogP contribution >= 0.6 is 0 Å². The van der Waals surface area contributed by atoms with Gasteiger partial charge in [-0.1, -0.05) is 36.4 Å². The molecule has 1 heterocycles. The molecule has 0 atom stereocenters. The predicted molar refractivity (Wildman–Crippen MR) is 98.1 cm³/mol. The standard InChI is InChI=1S/C20H18FN3O2/c21-16-8-2-1-5-14(16)10-12-22-18(25)13-19(26)24-17-9-3-6-15-7-4-11-23-20(15)17/h1-9,11H,10,12-13H2,(H,22,25)(H,24,26). The van der Waals surface area contributed by atoms with Crippen LogP contribution in [-0.2, 0) is 16.0 Å². The summed E-state index contributed by atoms with van der Waals surface area (Å²) in [5.41, 5.74) is 1.76. The van der Waals surface area contributed by atoms with Crippen LogP contribution in [0.3, 0.4) is 0 Å². The number of nitrogens with zero attached hydrogens (tertiary/aromatic N) is 1. The minimum atomic E-state index is -0.424. The first-order chi connectivity index (χ1) is 12.6. The smallest absolute Gasteiger partial charge is 0.233 e. The Morgan fingerprint density at radius 1 is 0.962 bits per heavy atom. The fraction of sp³-hybridized carbons (Fsp3) is 0.150. The van der Waals surface area contributed by atoms with E-state index in [1.54, 1.807) is 30.5 Å². The summed E-state index contributed by atoms with van der Waals surface area (Å²) in [5.74, 6) is -1.14. The van der Waals surface area contributed by atoms with Gasteiger partial charge in [0.1, 0.15) is 12.2 Å². The zero-order valence-electron chi connectivity index (χ0n) is 14.0. The van der Waals surface area contributed by atoms with Crippen molar-refractivity contribution in [1.29, 1.82) is 0 Å². The van der Waals surface area contributed by atoms with Gasteiger partial charge in [-0.3, -0.25) is 14.6 Å². The first kappa shape index (κ1) is 17.5. The number of hydrogen-bond donors (Lipinski definition) is 2. The maximum atomic E-state index is 13.5. The number of amides is 2. The van der Waals surface area contributed by atoms with Gasteiger partial charge in [-0.05, 0) is 30.2 Å². The molecule has 2 aromatic carbocycles. The molecule has 0 radical (unpaired) electrons. The van der Waals surface area contributed by atoms with E-state index in [0.717, 1.165) is 5.39 Å². The van der Waals surface area contributed by atoms with Gasteiger partial charge in [0.15, 0.2) is 0 Å². The number of benzene rings is 2. The summed E-state index contributed by atoms with van der Waals surface area (Å²) in [6.45, 7) is 0.267. The van der Waals surface area contributed by atoms with Crippen LogP contribution in [0.2, 0.25) is 0 Å². The van der Waals surface area contributed by atoms with Gasteiger partial charge in [-0.2, -0.15) is 0 Å². The van der Waals surface area contributed by atoms with E-state index in [0.29, 0.717) is 23.2 Å². The molecule has 0 spiro atoms. The van der Waals surface area contributed by atoms with Crippen molar-refractivity contribution in [2.75, 3.05) is 11.9 Å². The molecule has 2 N–H and O–H groups in total. The maximum Gasteiger partial charge on any atom is 0.233 e. The van der Waals surface area contributed by atoms with Gasteiger partial charge in [-0.15, -0.1) is 0 Å². The fourth-order valence-corrected chi connectivity index (χ4v) is 2.65. The van der Waals surface area contributed by atoms with E-state index in [9.17, 15) is 14.0 Å². The summed E-state index contributed by atoms with van der Waals surface area (Å²) in [5, 5.41) is 6.24. The number of nitrogens with one attached hydrogen (secondary N) is 2. The highest BCUT2D eigenvalue weighted by Crippen LogP contribution is 2.20. The Morgan fingerprint density at radius 2 is 1.77 bits per heavy atom. The molecule has 6 heteroatoms. The molecule has 3 aromatic rings. The molecular formula is C20H18FN3O2. The molecular weight excluding hydrogens is 333 g/mol. The van der Waals surface area contributed by atoms with E-state index in [-0.39, 0.29) is 18.8 Å². The molecule has 0 fully saturated rings. The number of anilines is 1. The molecule has 0 aliphatic heterocycles. The highest BCUT2D eigenvalue weighted by atomic mass is 19.1. The summed E-state index contributed by atoms with van der Waals surface area (Å²) < 4.78 is 13.5. The van der Waals surface area contributed by atoms with Crippen molar-refractivity contribution in [2.24, 2.45) is 0 Å². The zero-order chi connectivity index (χ0) is 18.4. The van der Waals surface area contributed by atoms with Gasteiger partial charge in [0.05, 0.1) is 11.2 Å². The second kappa shape index (κ2) is 8.20. The SMILES string of the molecule is O=C(CC(=O)Nc1cccc2cccnc12)NCCc1ccccc1F. The van der Waals surface area contributed by atoms with Gasteiger partial charge in [0, 0.05) is 18.1 Å². The number of para-hydroxylation sites is 1. The topological polar surface area (TPSA) is 71.1 Å². The number of fused-ring (bicyclic) bond motifs is 1. The molecule has 5 nitrogen and oxygen atoms in total. The Bertz CT molecular complexity index is 938. The molecule has 0 saturated carbocycles. The van der Waals surface area contributed by atoms with Crippen LogP contribution < -0.4 is 10.6 Å². The van der Waals surface area contributed by atoms with E-state index in [1.165, 1.54) is 6.07 Å². The third-order valence-corrected chi connectivity index (χ3v) is 3.90. The van der Waals surface area contributed by atoms with Gasteiger partial charge in [0.2, 0.25) is 11.8 Å². The Kier molecular flexibility index (Phi) is 5.53. The molecule has 3 rings (SSSR count). The number of hydrogen-bond acceptors (Lipinski definition) is 3. The minimum absolute atomic E-state index is 0.267. The van der Waals surface area contributed by atoms with Crippen molar-refractivity contribution in [3.8, 4) is 0 Å². The third kappa shape index (κ3) is 4.42. The molecule has 132 valence electrons. The summed E-state index contributed by atoms with van der Waals surface area (Å²) >= 11 is 0. The maximum absolute atomic E-state index is 13.5. The average Bonchev–Trinajstić information content (AvgIpc) is 2.63. The first-order valence-corrected chi connectivity index (χ1v) is 8.27. The molecule has 2 amide bonds. The number of carbonyl (C=O) groups is 2. The number of aromatic nitrogens is 1. The van der Waals surface area contributed by atoms with E-state index in [1.807, 2.05) is 24.3 Å². The van der Waals surface area contributed by atoms with Crippen LogP contribution in [0.25, 0.3) is 10.9 Å². The second-order valence-corrected chi connectivity index (χ2v) is 5.80. The van der Waals surface area contributed by atoms with Crippen molar-refractivity contribution in [3.63, 3.8) is 0 Å². The van der Waals surface area contributed by atoms with E-state index in [2.05, 4.69) is 15.6 Å². The zero-order valence-corrected chi connectivity index (χ0v) is 14.0. The van der Waals surface area contributed by atoms with Gasteiger partial charge >= 0.3 is 0 Å². The normalized spacial score (nSPS) is 10.5. The average molecular weight is 351 g/mol. The van der Waals surface area contributed by atoms with Crippen molar-refractivity contribution in [2.45, 2.75) is 12.8 Å². The van der Waals surface area contributed by atoms with Gasteiger partial charge < -0.3 is 10.6 Å². The van der Waals surface area contributed by atoms with E-state index < -0.39 is 11.8 Å². The summed E-state index contributed by atoms with van der Waals surface area (Å²) in [7, 11) is 0. The second-order valence-electron chi connectivity index (χ2n) is 5.80. The van der Waals surface area contributed by atoms with Crippen LogP contribution in [0, 0.1) is 5.82 Å². The number of halogens is 1. The Balaban J connectivity index is 1.51. The molecule has 0 aliphatic carbocycles. The molecule has 0 saturated heterocycles. The van der Waals surface area contributed by atoms with Crippen LogP contribution in [0.1, 0.15) is 12.0 Å². The molecule has 0 unspecified atom stereocenters. The lowest BCUT2D eigenvalue weighted by Crippen LogP contribution is -2.29. The lowest BCUT2D eigenvalue weighted by atomic mass is 10.1. The minimum Gasteiger partial charge on any atom is -0.355 e. The monoisotopic (exact) mass is 351 g/mol. The van der Waals surface area contributed by atoms with Crippen molar-refractivity contribution < 1.29 is 14.0 Å². The summed E-state index contributed by atoms with van der Waals surface area (Å²) in [6, 6.07) is 15.6. The molecule has 1 aromatic heterocycles. The highest BCUT2D eigenvalue weighted by molar-refractivity contribution is 6.07. The molecule has 26 heavy (non-hydrogen) atoms. The summed E-state index contributed by atoms with van der Waals surface area (Å²) in [6.07, 6.45) is 1.71. The van der Waals surface area contributed by atoms with Crippen LogP contribution in [-0.4, -0.2) is 23.3 Å². The Morgan fingerprint density at radius 3 is 2.62 bits per heavy atom. The summed E-state index contributed by atoms with van der Waals surface area (Å²) in [4.78, 5) is 28.2. The van der Waals surface area contributed by atoms with Gasteiger partial charge in [0.25, 0.3) is 0 Å². The lowest BCUT2D eigenvalue weighted by Gasteiger charge is -2.09. The third-order valence-electron chi connectivity index (χ3n) is 3.90. The highest BCUT2D eigenvalue weighted by Gasteiger charge is 2.11. The number of rotatable bonds is 6.